The van der Waals surface area contributed by atoms with Gasteiger partial charge in [0, 0.05) is 5.69 Å². The first-order valence-corrected chi connectivity index (χ1v) is 8.89. The van der Waals surface area contributed by atoms with Gasteiger partial charge in [-0.15, -0.1) is 0 Å². The van der Waals surface area contributed by atoms with Gasteiger partial charge in [-0.2, -0.15) is 0 Å². The SMILES string of the molecule is Cc1cccc(NCCOc2ccc(CC3SC(=O)NC3=O)cc2)n1. The van der Waals surface area contributed by atoms with Crippen LogP contribution in [-0.4, -0.2) is 34.5 Å². The Kier molecular flexibility index (Phi) is 5.55. The van der Waals surface area contributed by atoms with Gasteiger partial charge in [0.25, 0.3) is 5.24 Å². The van der Waals surface area contributed by atoms with E-state index in [4.69, 9.17) is 4.74 Å². The van der Waals surface area contributed by atoms with Crippen LogP contribution in [0.5, 0.6) is 5.75 Å². The molecule has 7 heteroatoms. The normalized spacial score (nSPS) is 16.6. The minimum absolute atomic E-state index is 0.217. The van der Waals surface area contributed by atoms with Crippen molar-refractivity contribution in [3.63, 3.8) is 0 Å². The zero-order valence-corrected chi connectivity index (χ0v) is 14.6. The number of amides is 2. The Morgan fingerprint density at radius 3 is 2.68 bits per heavy atom. The van der Waals surface area contributed by atoms with E-state index in [0.29, 0.717) is 19.6 Å². The number of rotatable bonds is 7. The number of thioether (sulfide) groups is 1. The predicted octanol–water partition coefficient (Wildman–Crippen LogP) is 2.78. The largest absolute Gasteiger partial charge is 0.492 e. The number of nitrogens with zero attached hydrogens (tertiary/aromatic N) is 1. The quantitative estimate of drug-likeness (QED) is 0.742. The third-order valence-electron chi connectivity index (χ3n) is 3.68. The lowest BCUT2D eigenvalue weighted by Crippen LogP contribution is -2.25. The number of carbonyl (C=O) groups is 2. The highest BCUT2D eigenvalue weighted by molar-refractivity contribution is 8.15. The average Bonchev–Trinajstić information content (AvgIpc) is 2.90. The molecule has 1 aromatic carbocycles. The summed E-state index contributed by atoms with van der Waals surface area (Å²) in [5.41, 5.74) is 1.97. The van der Waals surface area contributed by atoms with Crippen molar-refractivity contribution in [2.24, 2.45) is 0 Å². The molecule has 0 bridgehead atoms. The van der Waals surface area contributed by atoms with Gasteiger partial charge >= 0.3 is 0 Å². The molecule has 2 N–H and O–H groups in total. The standard InChI is InChI=1S/C18H19N3O3S/c1-12-3-2-4-16(20-12)19-9-10-24-14-7-5-13(6-8-14)11-15-17(22)21-18(23)25-15/h2-8,15H,9-11H2,1H3,(H,19,20)(H,21,22,23). The summed E-state index contributed by atoms with van der Waals surface area (Å²) in [7, 11) is 0. The molecule has 2 amide bonds. The highest BCUT2D eigenvalue weighted by Crippen LogP contribution is 2.23. The Balaban J connectivity index is 1.43. The van der Waals surface area contributed by atoms with Gasteiger partial charge < -0.3 is 10.1 Å². The van der Waals surface area contributed by atoms with E-state index < -0.39 is 0 Å². The molecule has 0 aliphatic carbocycles. The van der Waals surface area contributed by atoms with Crippen molar-refractivity contribution in [3.05, 3.63) is 53.7 Å². The number of nitrogens with one attached hydrogen (secondary N) is 2. The minimum Gasteiger partial charge on any atom is -0.492 e. The van der Waals surface area contributed by atoms with Crippen LogP contribution in [0.1, 0.15) is 11.3 Å². The first-order valence-electron chi connectivity index (χ1n) is 8.01. The van der Waals surface area contributed by atoms with Gasteiger partial charge in [0.2, 0.25) is 5.91 Å². The second-order valence-electron chi connectivity index (χ2n) is 5.67. The van der Waals surface area contributed by atoms with Gasteiger partial charge in [0.15, 0.2) is 0 Å². The summed E-state index contributed by atoms with van der Waals surface area (Å²) in [6.45, 7) is 3.12. The van der Waals surface area contributed by atoms with Crippen LogP contribution in [0, 0.1) is 6.92 Å². The number of hydrogen-bond donors (Lipinski definition) is 2. The van der Waals surface area contributed by atoms with Gasteiger partial charge in [0.05, 0.1) is 11.8 Å². The van der Waals surface area contributed by atoms with Crippen LogP contribution in [0.15, 0.2) is 42.5 Å². The number of carbonyl (C=O) groups excluding carboxylic acids is 2. The van der Waals surface area contributed by atoms with Gasteiger partial charge in [-0.3, -0.25) is 14.9 Å². The van der Waals surface area contributed by atoms with Crippen molar-refractivity contribution in [1.29, 1.82) is 0 Å². The number of imide groups is 1. The Labute approximate surface area is 150 Å². The predicted molar refractivity (Wildman–Crippen MR) is 98.0 cm³/mol. The molecule has 130 valence electrons. The molecule has 25 heavy (non-hydrogen) atoms. The lowest BCUT2D eigenvalue weighted by Gasteiger charge is -2.10. The molecular weight excluding hydrogens is 338 g/mol. The average molecular weight is 357 g/mol. The molecule has 0 saturated carbocycles. The number of aromatic nitrogens is 1. The second kappa shape index (κ2) is 8.02. The molecule has 1 unspecified atom stereocenters. The van der Waals surface area contributed by atoms with Crippen LogP contribution in [0.25, 0.3) is 0 Å². The summed E-state index contributed by atoms with van der Waals surface area (Å²) in [6.07, 6.45) is 0.531. The van der Waals surface area contributed by atoms with Gasteiger partial charge in [-0.1, -0.05) is 30.0 Å². The molecule has 1 aliphatic heterocycles. The first-order chi connectivity index (χ1) is 12.1. The van der Waals surface area contributed by atoms with Crippen molar-refractivity contribution in [3.8, 4) is 5.75 Å². The fraction of sp³-hybridized carbons (Fsp3) is 0.278. The smallest absolute Gasteiger partial charge is 0.286 e. The van der Waals surface area contributed by atoms with Crippen LogP contribution in [-0.2, 0) is 11.2 Å². The molecule has 0 spiro atoms. The van der Waals surface area contributed by atoms with Crippen LogP contribution >= 0.6 is 11.8 Å². The van der Waals surface area contributed by atoms with Crippen molar-refractivity contribution >= 4 is 28.7 Å². The van der Waals surface area contributed by atoms with E-state index in [1.807, 2.05) is 49.4 Å². The fourth-order valence-corrected chi connectivity index (χ4v) is 3.31. The first kappa shape index (κ1) is 17.3. The van der Waals surface area contributed by atoms with Gasteiger partial charge in [-0.05, 0) is 43.2 Å². The third-order valence-corrected chi connectivity index (χ3v) is 4.66. The zero-order chi connectivity index (χ0) is 17.6. The fourth-order valence-electron chi connectivity index (χ4n) is 2.45. The highest BCUT2D eigenvalue weighted by atomic mass is 32.2. The summed E-state index contributed by atoms with van der Waals surface area (Å²) in [4.78, 5) is 27.1. The molecule has 3 rings (SSSR count). The number of anilines is 1. The number of pyridine rings is 1. The molecular formula is C18H19N3O3S. The molecule has 1 aromatic heterocycles. The molecule has 1 aliphatic rings. The summed E-state index contributed by atoms with van der Waals surface area (Å²) in [5, 5.41) is 4.89. The number of ether oxygens (including phenoxy) is 1. The van der Waals surface area contributed by atoms with E-state index >= 15 is 0 Å². The molecule has 0 radical (unpaired) electrons. The van der Waals surface area contributed by atoms with E-state index in [1.54, 1.807) is 0 Å². The van der Waals surface area contributed by atoms with E-state index in [0.717, 1.165) is 34.6 Å². The summed E-state index contributed by atoms with van der Waals surface area (Å²) in [5.74, 6) is 1.38. The number of hydrogen-bond acceptors (Lipinski definition) is 6. The molecule has 6 nitrogen and oxygen atoms in total. The Morgan fingerprint density at radius 1 is 1.20 bits per heavy atom. The Morgan fingerprint density at radius 2 is 2.00 bits per heavy atom. The Bertz CT molecular complexity index is 764. The van der Waals surface area contributed by atoms with E-state index in [1.165, 1.54) is 0 Å². The monoisotopic (exact) mass is 357 g/mol. The summed E-state index contributed by atoms with van der Waals surface area (Å²) >= 11 is 1.04. The van der Waals surface area contributed by atoms with E-state index in [-0.39, 0.29) is 16.4 Å². The van der Waals surface area contributed by atoms with Crippen LogP contribution in [0.3, 0.4) is 0 Å². The molecule has 1 saturated heterocycles. The lowest BCUT2D eigenvalue weighted by atomic mass is 10.1. The van der Waals surface area contributed by atoms with E-state index in [2.05, 4.69) is 15.6 Å². The number of aryl methyl sites for hydroxylation is 1. The van der Waals surface area contributed by atoms with Crippen molar-refractivity contribution in [2.75, 3.05) is 18.5 Å². The summed E-state index contributed by atoms with van der Waals surface area (Å²) < 4.78 is 5.69. The minimum atomic E-state index is -0.342. The number of benzene rings is 1. The van der Waals surface area contributed by atoms with Crippen molar-refractivity contribution in [1.82, 2.24) is 10.3 Å². The molecule has 2 aromatic rings. The third kappa shape index (κ3) is 4.96. The topological polar surface area (TPSA) is 80.3 Å². The van der Waals surface area contributed by atoms with Crippen molar-refractivity contribution in [2.45, 2.75) is 18.6 Å². The van der Waals surface area contributed by atoms with Crippen LogP contribution in [0.2, 0.25) is 0 Å². The second-order valence-corrected chi connectivity index (χ2v) is 6.85. The maximum Gasteiger partial charge on any atom is 0.286 e. The molecule has 1 atom stereocenters. The van der Waals surface area contributed by atoms with Gasteiger partial charge in [0.1, 0.15) is 18.2 Å². The zero-order valence-electron chi connectivity index (χ0n) is 13.8. The maximum atomic E-state index is 11.6. The Hall–Kier alpha value is -2.54. The lowest BCUT2D eigenvalue weighted by molar-refractivity contribution is -0.118. The van der Waals surface area contributed by atoms with Gasteiger partial charge in [-0.25, -0.2) is 4.98 Å². The van der Waals surface area contributed by atoms with Crippen LogP contribution in [0.4, 0.5) is 10.6 Å². The molecule has 2 heterocycles. The molecule has 1 fully saturated rings. The van der Waals surface area contributed by atoms with E-state index in [9.17, 15) is 9.59 Å². The maximum absolute atomic E-state index is 11.6. The van der Waals surface area contributed by atoms with Crippen LogP contribution < -0.4 is 15.4 Å². The summed E-state index contributed by atoms with van der Waals surface area (Å²) in [6, 6.07) is 13.4. The highest BCUT2D eigenvalue weighted by Gasteiger charge is 2.31. The van der Waals surface area contributed by atoms with Crippen molar-refractivity contribution < 1.29 is 14.3 Å².